The summed E-state index contributed by atoms with van der Waals surface area (Å²) in [5, 5.41) is 6.96. The number of hydrogen-bond donors (Lipinski definition) is 2. The number of nitrogens with one attached hydrogen (secondary N) is 2. The highest BCUT2D eigenvalue weighted by Gasteiger charge is 2.21. The van der Waals surface area contributed by atoms with Gasteiger partial charge in [-0.2, -0.15) is 0 Å². The molecule has 7 heteroatoms. The van der Waals surface area contributed by atoms with Crippen LogP contribution >= 0.6 is 0 Å². The number of nitrogens with zero attached hydrogens (tertiary/aromatic N) is 4. The molecule has 0 saturated carbocycles. The van der Waals surface area contributed by atoms with Crippen molar-refractivity contribution in [2.45, 2.75) is 32.2 Å². The van der Waals surface area contributed by atoms with Crippen molar-refractivity contribution >= 4 is 17.7 Å². The van der Waals surface area contributed by atoms with E-state index in [0.29, 0.717) is 6.04 Å². The molecule has 0 aliphatic carbocycles. The molecule has 0 spiro atoms. The highest BCUT2D eigenvalue weighted by Crippen LogP contribution is 2.18. The Morgan fingerprint density at radius 1 is 1.19 bits per heavy atom. The van der Waals surface area contributed by atoms with Crippen molar-refractivity contribution in [3.05, 3.63) is 59.3 Å². The Morgan fingerprint density at radius 2 is 1.94 bits per heavy atom. The highest BCUT2D eigenvalue weighted by molar-refractivity contribution is 5.94. The van der Waals surface area contributed by atoms with E-state index in [9.17, 15) is 4.79 Å². The van der Waals surface area contributed by atoms with Crippen LogP contribution < -0.4 is 15.5 Å². The number of guanidine groups is 1. The highest BCUT2D eigenvalue weighted by atomic mass is 16.2. The first-order valence-electron chi connectivity index (χ1n) is 10.9. The van der Waals surface area contributed by atoms with Crippen LogP contribution in [0.3, 0.4) is 0 Å². The van der Waals surface area contributed by atoms with Gasteiger partial charge in [-0.1, -0.05) is 18.2 Å². The van der Waals surface area contributed by atoms with E-state index in [4.69, 9.17) is 0 Å². The molecule has 3 rings (SSSR count). The van der Waals surface area contributed by atoms with Crippen LogP contribution in [-0.2, 0) is 6.42 Å². The molecule has 1 aliphatic heterocycles. The SMILES string of the molecule is CN=C(NCCc1cccc(C(=O)N(C)C)c1)NC1CCN(c2cccc(C)n2)CC1. The molecule has 1 aromatic carbocycles. The second kappa shape index (κ2) is 10.8. The number of carbonyl (C=O) groups is 1. The maximum atomic E-state index is 12.2. The van der Waals surface area contributed by atoms with E-state index in [0.717, 1.165) is 67.5 Å². The van der Waals surface area contributed by atoms with Crippen molar-refractivity contribution in [2.24, 2.45) is 4.99 Å². The van der Waals surface area contributed by atoms with Crippen LogP contribution in [0.25, 0.3) is 0 Å². The number of piperidine rings is 1. The van der Waals surface area contributed by atoms with E-state index in [1.165, 1.54) is 0 Å². The van der Waals surface area contributed by atoms with Gasteiger partial charge in [-0.25, -0.2) is 4.98 Å². The standard InChI is InChI=1S/C24H34N6O/c1-18-7-5-10-22(27-18)30-15-12-21(13-16-30)28-24(25-2)26-14-11-19-8-6-9-20(17-19)23(31)29(3)4/h5-10,17,21H,11-16H2,1-4H3,(H2,25,26,28). The van der Waals surface area contributed by atoms with Crippen LogP contribution in [0.15, 0.2) is 47.5 Å². The molecule has 0 radical (unpaired) electrons. The fourth-order valence-electron chi connectivity index (χ4n) is 3.79. The summed E-state index contributed by atoms with van der Waals surface area (Å²) in [6, 6.07) is 14.4. The minimum Gasteiger partial charge on any atom is -0.356 e. The monoisotopic (exact) mass is 422 g/mol. The molecule has 7 nitrogen and oxygen atoms in total. The maximum Gasteiger partial charge on any atom is 0.253 e. The second-order valence-electron chi connectivity index (χ2n) is 8.19. The van der Waals surface area contributed by atoms with E-state index in [2.05, 4.69) is 43.7 Å². The Morgan fingerprint density at radius 3 is 2.61 bits per heavy atom. The third-order valence-electron chi connectivity index (χ3n) is 5.54. The third kappa shape index (κ3) is 6.44. The lowest BCUT2D eigenvalue weighted by molar-refractivity contribution is 0.0827. The van der Waals surface area contributed by atoms with E-state index >= 15 is 0 Å². The summed E-state index contributed by atoms with van der Waals surface area (Å²) in [5.74, 6) is 1.92. The summed E-state index contributed by atoms with van der Waals surface area (Å²) in [7, 11) is 5.35. The van der Waals surface area contributed by atoms with E-state index in [1.54, 1.807) is 26.0 Å². The number of aliphatic imine (C=N–C) groups is 1. The Balaban J connectivity index is 1.44. The number of aryl methyl sites for hydroxylation is 1. The third-order valence-corrected chi connectivity index (χ3v) is 5.54. The summed E-state index contributed by atoms with van der Waals surface area (Å²) in [5.41, 5.74) is 2.91. The largest absolute Gasteiger partial charge is 0.356 e. The molecule has 1 saturated heterocycles. The lowest BCUT2D eigenvalue weighted by atomic mass is 10.1. The molecule has 2 aromatic rings. The van der Waals surface area contributed by atoms with E-state index < -0.39 is 0 Å². The molecule has 166 valence electrons. The Kier molecular flexibility index (Phi) is 7.87. The molecule has 0 bridgehead atoms. The number of anilines is 1. The molecule has 2 heterocycles. The summed E-state index contributed by atoms with van der Waals surface area (Å²) in [4.78, 5) is 25.1. The molecule has 1 amide bonds. The van der Waals surface area contributed by atoms with Gasteiger partial charge in [-0.15, -0.1) is 0 Å². The number of amides is 1. The van der Waals surface area contributed by atoms with Crippen LogP contribution in [0.5, 0.6) is 0 Å². The summed E-state index contributed by atoms with van der Waals surface area (Å²) >= 11 is 0. The molecule has 1 fully saturated rings. The quantitative estimate of drug-likeness (QED) is 0.553. The number of pyridine rings is 1. The molecule has 31 heavy (non-hydrogen) atoms. The lowest BCUT2D eigenvalue weighted by Crippen LogP contribution is -2.49. The van der Waals surface area contributed by atoms with E-state index in [-0.39, 0.29) is 5.91 Å². The van der Waals surface area contributed by atoms with Crippen LogP contribution in [0.2, 0.25) is 0 Å². The first kappa shape index (κ1) is 22.6. The Hall–Kier alpha value is -3.09. The Labute approximate surface area is 185 Å². The molecular weight excluding hydrogens is 388 g/mol. The van der Waals surface area contributed by atoms with Gasteiger partial charge in [0.2, 0.25) is 0 Å². The summed E-state index contributed by atoms with van der Waals surface area (Å²) in [6.45, 7) is 4.75. The normalized spacial score (nSPS) is 15.0. The van der Waals surface area contributed by atoms with Crippen molar-refractivity contribution < 1.29 is 4.79 Å². The maximum absolute atomic E-state index is 12.2. The van der Waals surface area contributed by atoms with Gasteiger partial charge >= 0.3 is 0 Å². The van der Waals surface area contributed by atoms with Crippen molar-refractivity contribution in [2.75, 3.05) is 45.7 Å². The predicted octanol–water partition coefficient (Wildman–Crippen LogP) is 2.47. The van der Waals surface area contributed by atoms with E-state index in [1.807, 2.05) is 31.2 Å². The van der Waals surface area contributed by atoms with Crippen LogP contribution in [0.1, 0.15) is 34.5 Å². The number of benzene rings is 1. The number of hydrogen-bond acceptors (Lipinski definition) is 4. The minimum atomic E-state index is 0.0273. The molecule has 2 N–H and O–H groups in total. The van der Waals surface area contributed by atoms with Crippen molar-refractivity contribution in [1.82, 2.24) is 20.5 Å². The van der Waals surface area contributed by atoms with Gasteiger partial charge in [0, 0.05) is 58.1 Å². The molecule has 1 aliphatic rings. The van der Waals surface area contributed by atoms with Crippen molar-refractivity contribution in [3.63, 3.8) is 0 Å². The number of rotatable bonds is 6. The summed E-state index contributed by atoms with van der Waals surface area (Å²) < 4.78 is 0. The van der Waals surface area contributed by atoms with Gasteiger partial charge in [0.05, 0.1) is 0 Å². The van der Waals surface area contributed by atoms with Crippen LogP contribution in [-0.4, -0.2) is 68.6 Å². The number of carbonyl (C=O) groups excluding carboxylic acids is 1. The molecular formula is C24H34N6O. The van der Waals surface area contributed by atoms with Crippen LogP contribution in [0.4, 0.5) is 5.82 Å². The fourth-order valence-corrected chi connectivity index (χ4v) is 3.79. The van der Waals surface area contributed by atoms with Gasteiger partial charge in [0.1, 0.15) is 5.82 Å². The molecule has 0 atom stereocenters. The van der Waals surface area contributed by atoms with Crippen molar-refractivity contribution in [1.29, 1.82) is 0 Å². The fraction of sp³-hybridized carbons (Fsp3) is 0.458. The number of aromatic nitrogens is 1. The molecule has 0 unspecified atom stereocenters. The van der Waals surface area contributed by atoms with Gasteiger partial charge in [0.15, 0.2) is 5.96 Å². The zero-order valence-corrected chi connectivity index (χ0v) is 19.1. The average Bonchev–Trinajstić information content (AvgIpc) is 2.78. The first-order valence-corrected chi connectivity index (χ1v) is 10.9. The second-order valence-corrected chi connectivity index (χ2v) is 8.19. The Bertz CT molecular complexity index is 902. The topological polar surface area (TPSA) is 72.9 Å². The molecule has 1 aromatic heterocycles. The minimum absolute atomic E-state index is 0.0273. The lowest BCUT2D eigenvalue weighted by Gasteiger charge is -2.34. The zero-order chi connectivity index (χ0) is 22.2. The van der Waals surface area contributed by atoms with Gasteiger partial charge in [0.25, 0.3) is 5.91 Å². The van der Waals surface area contributed by atoms with Gasteiger partial charge < -0.3 is 20.4 Å². The average molecular weight is 423 g/mol. The summed E-state index contributed by atoms with van der Waals surface area (Å²) in [6.07, 6.45) is 2.92. The van der Waals surface area contributed by atoms with Gasteiger partial charge in [-0.05, 0) is 56.0 Å². The predicted molar refractivity (Wildman–Crippen MR) is 127 cm³/mol. The van der Waals surface area contributed by atoms with Gasteiger partial charge in [-0.3, -0.25) is 9.79 Å². The smallest absolute Gasteiger partial charge is 0.253 e. The van der Waals surface area contributed by atoms with Crippen LogP contribution in [0, 0.1) is 6.92 Å². The van der Waals surface area contributed by atoms with Crippen molar-refractivity contribution in [3.8, 4) is 0 Å². The first-order chi connectivity index (χ1) is 15.0. The zero-order valence-electron chi connectivity index (χ0n) is 19.1.